The molecule has 1 N–H and O–H groups in total. The fourth-order valence-electron chi connectivity index (χ4n) is 1.56. The number of halogens is 3. The van der Waals surface area contributed by atoms with Crippen molar-refractivity contribution in [2.24, 2.45) is 0 Å². The first-order valence-corrected chi connectivity index (χ1v) is 6.34. The SMILES string of the molecule is O=C(Nc1ccc(F)cc1Cl)C(Cl)c1ccccc1. The van der Waals surface area contributed by atoms with Crippen LogP contribution in [-0.2, 0) is 4.79 Å². The molecule has 5 heteroatoms. The predicted octanol–water partition coefficient (Wildman–Crippen LogP) is 4.40. The van der Waals surface area contributed by atoms with Gasteiger partial charge in [0.25, 0.3) is 0 Å². The first kappa shape index (κ1) is 13.8. The van der Waals surface area contributed by atoms with E-state index < -0.39 is 17.1 Å². The lowest BCUT2D eigenvalue weighted by Gasteiger charge is -2.11. The van der Waals surface area contributed by atoms with Gasteiger partial charge in [-0.05, 0) is 23.8 Å². The lowest BCUT2D eigenvalue weighted by atomic mass is 10.1. The molecule has 19 heavy (non-hydrogen) atoms. The second-order valence-electron chi connectivity index (χ2n) is 3.89. The highest BCUT2D eigenvalue weighted by Crippen LogP contribution is 2.26. The number of carbonyl (C=O) groups excluding carboxylic acids is 1. The number of alkyl halides is 1. The molecule has 0 aliphatic rings. The summed E-state index contributed by atoms with van der Waals surface area (Å²) in [6.07, 6.45) is 0. The molecule has 2 aromatic carbocycles. The van der Waals surface area contributed by atoms with E-state index in [0.717, 1.165) is 6.07 Å². The van der Waals surface area contributed by atoms with Gasteiger partial charge in [-0.25, -0.2) is 4.39 Å². The highest BCUT2D eigenvalue weighted by molar-refractivity contribution is 6.35. The van der Waals surface area contributed by atoms with Crippen LogP contribution in [0.15, 0.2) is 48.5 Å². The van der Waals surface area contributed by atoms with Crippen LogP contribution in [0.25, 0.3) is 0 Å². The van der Waals surface area contributed by atoms with Crippen molar-refractivity contribution >= 4 is 34.8 Å². The fraction of sp³-hybridized carbons (Fsp3) is 0.0714. The Labute approximate surface area is 120 Å². The van der Waals surface area contributed by atoms with Crippen LogP contribution >= 0.6 is 23.2 Å². The molecule has 0 saturated heterocycles. The number of hydrogen-bond acceptors (Lipinski definition) is 1. The lowest BCUT2D eigenvalue weighted by molar-refractivity contribution is -0.116. The number of amides is 1. The Kier molecular flexibility index (Phi) is 4.40. The summed E-state index contributed by atoms with van der Waals surface area (Å²) >= 11 is 11.9. The third-order valence-corrected chi connectivity index (χ3v) is 3.27. The molecule has 1 amide bonds. The zero-order valence-corrected chi connectivity index (χ0v) is 11.3. The summed E-state index contributed by atoms with van der Waals surface area (Å²) in [5, 5.41) is 1.86. The van der Waals surface area contributed by atoms with Crippen molar-refractivity contribution < 1.29 is 9.18 Å². The molecule has 0 radical (unpaired) electrons. The van der Waals surface area contributed by atoms with Crippen LogP contribution in [0.3, 0.4) is 0 Å². The van der Waals surface area contributed by atoms with Crippen LogP contribution in [0.2, 0.25) is 5.02 Å². The second kappa shape index (κ2) is 6.04. The third kappa shape index (κ3) is 3.46. The maximum absolute atomic E-state index is 12.9. The van der Waals surface area contributed by atoms with E-state index in [1.165, 1.54) is 12.1 Å². The maximum atomic E-state index is 12.9. The zero-order chi connectivity index (χ0) is 13.8. The molecule has 98 valence electrons. The van der Waals surface area contributed by atoms with Gasteiger partial charge in [-0.1, -0.05) is 41.9 Å². The Balaban J connectivity index is 2.13. The van der Waals surface area contributed by atoms with Gasteiger partial charge in [0, 0.05) is 0 Å². The number of hydrogen-bond donors (Lipinski definition) is 1. The normalized spacial score (nSPS) is 11.9. The van der Waals surface area contributed by atoms with Gasteiger partial charge in [0.2, 0.25) is 5.91 Å². The smallest absolute Gasteiger partial charge is 0.247 e. The van der Waals surface area contributed by atoms with E-state index in [9.17, 15) is 9.18 Å². The standard InChI is InChI=1S/C14H10Cl2FNO/c15-11-8-10(17)6-7-12(11)18-14(19)13(16)9-4-2-1-3-5-9/h1-8,13H,(H,18,19). The molecule has 0 fully saturated rings. The predicted molar refractivity (Wildman–Crippen MR) is 75.1 cm³/mol. The summed E-state index contributed by atoms with van der Waals surface area (Å²) in [5.74, 6) is -0.880. The Morgan fingerprint density at radius 2 is 1.84 bits per heavy atom. The maximum Gasteiger partial charge on any atom is 0.247 e. The van der Waals surface area contributed by atoms with E-state index in [-0.39, 0.29) is 5.02 Å². The van der Waals surface area contributed by atoms with Crippen LogP contribution in [-0.4, -0.2) is 5.91 Å². The number of carbonyl (C=O) groups is 1. The van der Waals surface area contributed by atoms with E-state index in [1.807, 2.05) is 6.07 Å². The Hall–Kier alpha value is -1.58. The van der Waals surface area contributed by atoms with Crippen LogP contribution in [0, 0.1) is 5.82 Å². The van der Waals surface area contributed by atoms with E-state index >= 15 is 0 Å². The van der Waals surface area contributed by atoms with E-state index in [2.05, 4.69) is 5.32 Å². The lowest BCUT2D eigenvalue weighted by Crippen LogP contribution is -2.17. The minimum Gasteiger partial charge on any atom is -0.323 e. The molecule has 0 aliphatic heterocycles. The minimum atomic E-state index is -0.831. The molecule has 0 heterocycles. The van der Waals surface area contributed by atoms with Crippen molar-refractivity contribution in [1.82, 2.24) is 0 Å². The summed E-state index contributed by atoms with van der Waals surface area (Å²) in [4.78, 5) is 12.0. The molecule has 0 aromatic heterocycles. The molecule has 1 atom stereocenters. The summed E-state index contributed by atoms with van der Waals surface area (Å²) in [6, 6.07) is 12.7. The van der Waals surface area contributed by atoms with Gasteiger partial charge in [-0.15, -0.1) is 11.6 Å². The first-order chi connectivity index (χ1) is 9.08. The molecule has 2 nitrogen and oxygen atoms in total. The summed E-state index contributed by atoms with van der Waals surface area (Å²) in [5.41, 5.74) is 1.01. The Bertz CT molecular complexity index is 589. The van der Waals surface area contributed by atoms with Crippen LogP contribution in [0.1, 0.15) is 10.9 Å². The average molecular weight is 298 g/mol. The fourth-order valence-corrected chi connectivity index (χ4v) is 1.97. The van der Waals surface area contributed by atoms with Gasteiger partial charge in [0.15, 0.2) is 0 Å². The van der Waals surface area contributed by atoms with Crippen molar-refractivity contribution in [2.45, 2.75) is 5.38 Å². The molecule has 1 unspecified atom stereocenters. The second-order valence-corrected chi connectivity index (χ2v) is 4.73. The molecule has 0 bridgehead atoms. The summed E-state index contributed by atoms with van der Waals surface area (Å²) < 4.78 is 12.9. The van der Waals surface area contributed by atoms with E-state index in [0.29, 0.717) is 11.3 Å². The van der Waals surface area contributed by atoms with Gasteiger partial charge in [0.05, 0.1) is 10.7 Å². The van der Waals surface area contributed by atoms with Crippen LogP contribution in [0.5, 0.6) is 0 Å². The first-order valence-electron chi connectivity index (χ1n) is 5.53. The topological polar surface area (TPSA) is 29.1 Å². The minimum absolute atomic E-state index is 0.130. The van der Waals surface area contributed by atoms with Gasteiger partial charge in [0.1, 0.15) is 11.2 Å². The zero-order valence-electron chi connectivity index (χ0n) is 9.74. The number of nitrogens with one attached hydrogen (secondary N) is 1. The highest BCUT2D eigenvalue weighted by Gasteiger charge is 2.18. The van der Waals surface area contributed by atoms with Crippen molar-refractivity contribution in [3.8, 4) is 0 Å². The van der Waals surface area contributed by atoms with Gasteiger partial charge in [-0.2, -0.15) is 0 Å². The van der Waals surface area contributed by atoms with Crippen molar-refractivity contribution in [3.63, 3.8) is 0 Å². The van der Waals surface area contributed by atoms with Gasteiger partial charge < -0.3 is 5.32 Å². The molecule has 0 spiro atoms. The quantitative estimate of drug-likeness (QED) is 0.836. The average Bonchev–Trinajstić information content (AvgIpc) is 2.42. The summed E-state index contributed by atoms with van der Waals surface area (Å²) in [6.45, 7) is 0. The van der Waals surface area contributed by atoms with Gasteiger partial charge >= 0.3 is 0 Å². The number of anilines is 1. The number of rotatable bonds is 3. The highest BCUT2D eigenvalue weighted by atomic mass is 35.5. The largest absolute Gasteiger partial charge is 0.323 e. The monoisotopic (exact) mass is 297 g/mol. The van der Waals surface area contributed by atoms with Crippen LogP contribution < -0.4 is 5.32 Å². The molecular weight excluding hydrogens is 288 g/mol. The van der Waals surface area contributed by atoms with Crippen molar-refractivity contribution in [3.05, 3.63) is 64.9 Å². The molecule has 2 rings (SSSR count). The van der Waals surface area contributed by atoms with E-state index in [4.69, 9.17) is 23.2 Å². The van der Waals surface area contributed by atoms with Gasteiger partial charge in [-0.3, -0.25) is 4.79 Å². The molecule has 0 aliphatic carbocycles. The summed E-state index contributed by atoms with van der Waals surface area (Å²) in [7, 11) is 0. The van der Waals surface area contributed by atoms with Crippen molar-refractivity contribution in [2.75, 3.05) is 5.32 Å². The Morgan fingerprint density at radius 3 is 2.47 bits per heavy atom. The Morgan fingerprint density at radius 1 is 1.16 bits per heavy atom. The third-order valence-electron chi connectivity index (χ3n) is 2.51. The van der Waals surface area contributed by atoms with Crippen LogP contribution in [0.4, 0.5) is 10.1 Å². The molecule has 2 aromatic rings. The van der Waals surface area contributed by atoms with E-state index in [1.54, 1.807) is 24.3 Å². The number of benzene rings is 2. The molecule has 0 saturated carbocycles. The van der Waals surface area contributed by atoms with Crippen molar-refractivity contribution in [1.29, 1.82) is 0 Å². The molecular formula is C14H10Cl2FNO.